The Kier molecular flexibility index (Phi) is 5.44. The summed E-state index contributed by atoms with van der Waals surface area (Å²) in [6.07, 6.45) is 0. The van der Waals surface area contributed by atoms with Crippen LogP contribution in [0.4, 0.5) is 0 Å². The summed E-state index contributed by atoms with van der Waals surface area (Å²) < 4.78 is 34.4. The van der Waals surface area contributed by atoms with E-state index in [1.165, 1.54) is 0 Å². The summed E-state index contributed by atoms with van der Waals surface area (Å²) >= 11 is 3.55. The largest absolute Gasteiger partial charge is 0.479 e. The van der Waals surface area contributed by atoms with Gasteiger partial charge in [0.05, 0.1) is 0 Å². The molecule has 0 aliphatic heterocycles. The molecule has 0 aliphatic carbocycles. The second-order valence-electron chi connectivity index (χ2n) is 1.44. The Morgan fingerprint density at radius 1 is 1.33 bits per heavy atom. The summed E-state index contributed by atoms with van der Waals surface area (Å²) in [7, 11) is -1.86. The van der Waals surface area contributed by atoms with Crippen LogP contribution in [0.1, 0.15) is 0 Å². The van der Waals surface area contributed by atoms with Gasteiger partial charge in [-0.3, -0.25) is 4.52 Å². The monoisotopic (exact) mass is 254 g/mol. The van der Waals surface area contributed by atoms with Gasteiger partial charge < -0.3 is 9.42 Å². The van der Waals surface area contributed by atoms with Crippen LogP contribution in [0, 0.1) is 0 Å². The summed E-state index contributed by atoms with van der Waals surface area (Å²) in [6, 6.07) is 0. The third-order valence-corrected chi connectivity index (χ3v) is 6.94. The number of phosphoric acid groups is 1. The molecule has 0 heterocycles. The van der Waals surface area contributed by atoms with Crippen molar-refractivity contribution in [2.45, 2.75) is 0 Å². The molecule has 12 heavy (non-hydrogen) atoms. The third kappa shape index (κ3) is 4.30. The summed E-state index contributed by atoms with van der Waals surface area (Å²) in [5, 5.41) is 0. The molecule has 6 nitrogen and oxygen atoms in total. The molecule has 0 radical (unpaired) electrons. The van der Waals surface area contributed by atoms with Gasteiger partial charge in [-0.2, -0.15) is 4.31 Å². The maximum Gasteiger partial charge on any atom is 0.479 e. The molecule has 1 N–H and O–H groups in total. The van der Waals surface area contributed by atoms with E-state index in [1.807, 2.05) is 0 Å². The minimum atomic E-state index is -4.29. The average molecular weight is 254 g/mol. The zero-order valence-electron chi connectivity index (χ0n) is 6.24. The molecule has 0 aromatic heterocycles. The molecular formula is C2H8O6P2S2. The highest BCUT2D eigenvalue weighted by atomic mass is 33.3. The van der Waals surface area contributed by atoms with Crippen molar-refractivity contribution in [2.24, 2.45) is 0 Å². The summed E-state index contributed by atoms with van der Waals surface area (Å²) in [5.41, 5.74) is 0. The maximum absolute atomic E-state index is 11.2. The number of rotatable bonds is 5. The molecule has 0 amide bonds. The van der Waals surface area contributed by atoms with Crippen LogP contribution in [-0.2, 0) is 22.5 Å². The van der Waals surface area contributed by atoms with Gasteiger partial charge in [0.25, 0.3) is 0 Å². The van der Waals surface area contributed by atoms with Gasteiger partial charge in [0.1, 0.15) is 0 Å². The molecule has 0 bridgehead atoms. The van der Waals surface area contributed by atoms with Gasteiger partial charge in [0, 0.05) is 24.6 Å². The molecule has 0 saturated carbocycles. The SMILES string of the molecule is COP(=O)(O)OP(=O)(OC)SS. The van der Waals surface area contributed by atoms with E-state index >= 15 is 0 Å². The summed E-state index contributed by atoms with van der Waals surface area (Å²) in [5.74, 6) is 0. The van der Waals surface area contributed by atoms with Crippen LogP contribution in [0.3, 0.4) is 0 Å². The second kappa shape index (κ2) is 5.02. The highest BCUT2D eigenvalue weighted by Gasteiger charge is 2.34. The van der Waals surface area contributed by atoms with E-state index < -0.39 is 14.6 Å². The van der Waals surface area contributed by atoms with E-state index in [4.69, 9.17) is 4.89 Å². The topological polar surface area (TPSA) is 82.1 Å². The molecule has 2 atom stereocenters. The fourth-order valence-corrected chi connectivity index (χ4v) is 4.60. The van der Waals surface area contributed by atoms with Crippen molar-refractivity contribution in [3.05, 3.63) is 0 Å². The maximum atomic E-state index is 11.2. The van der Waals surface area contributed by atoms with Crippen LogP contribution in [0.2, 0.25) is 0 Å². The first kappa shape index (κ1) is 13.0. The average Bonchev–Trinajstić information content (AvgIpc) is 2.04. The molecule has 2 unspecified atom stereocenters. The first-order chi connectivity index (χ1) is 5.39. The predicted octanol–water partition coefficient (Wildman–Crippen LogP) is 2.08. The van der Waals surface area contributed by atoms with Gasteiger partial charge in [-0.1, -0.05) is 11.7 Å². The van der Waals surface area contributed by atoms with Crippen LogP contribution in [0.5, 0.6) is 0 Å². The van der Waals surface area contributed by atoms with Gasteiger partial charge in [0.2, 0.25) is 0 Å². The van der Waals surface area contributed by atoms with Crippen molar-refractivity contribution >= 4 is 36.7 Å². The highest BCUT2D eigenvalue weighted by molar-refractivity contribution is 8.93. The molecule has 0 aromatic rings. The van der Waals surface area contributed by atoms with Gasteiger partial charge in [-0.15, -0.1) is 0 Å². The molecule has 0 saturated heterocycles. The quantitative estimate of drug-likeness (QED) is 0.441. The molecular weight excluding hydrogens is 246 g/mol. The van der Waals surface area contributed by atoms with Crippen molar-refractivity contribution in [3.63, 3.8) is 0 Å². The fourth-order valence-electron chi connectivity index (χ4n) is 0.241. The molecule has 0 spiro atoms. The standard InChI is InChI=1S/C2H8O6P2S2/c1-6-9(3,4)8-10(5,7-2)12-11/h11H,1-2H3,(H,3,4). The molecule has 74 valence electrons. The lowest BCUT2D eigenvalue weighted by molar-refractivity contribution is 0.228. The van der Waals surface area contributed by atoms with Gasteiger partial charge in [-0.25, -0.2) is 9.13 Å². The van der Waals surface area contributed by atoms with E-state index in [0.717, 1.165) is 14.2 Å². The van der Waals surface area contributed by atoms with Gasteiger partial charge >= 0.3 is 14.6 Å². The van der Waals surface area contributed by atoms with Gasteiger partial charge in [0.15, 0.2) is 0 Å². The Morgan fingerprint density at radius 3 is 2.08 bits per heavy atom. The van der Waals surface area contributed by atoms with E-state index in [-0.39, 0.29) is 0 Å². The van der Waals surface area contributed by atoms with Crippen molar-refractivity contribution in [1.29, 1.82) is 0 Å². The minimum absolute atomic E-state index is 0.408. The normalized spacial score (nSPS) is 21.3. The summed E-state index contributed by atoms with van der Waals surface area (Å²) in [6.45, 7) is -3.68. The molecule has 10 heteroatoms. The Balaban J connectivity index is 4.42. The summed E-state index contributed by atoms with van der Waals surface area (Å²) in [4.78, 5) is 8.73. The van der Waals surface area contributed by atoms with Crippen molar-refractivity contribution in [1.82, 2.24) is 0 Å². The van der Waals surface area contributed by atoms with Crippen LogP contribution < -0.4 is 0 Å². The van der Waals surface area contributed by atoms with E-state index in [2.05, 4.69) is 25.0 Å². The lowest BCUT2D eigenvalue weighted by atomic mass is 11.8. The first-order valence-corrected chi connectivity index (χ1v) is 7.99. The Bertz CT molecular complexity index is 222. The molecule has 0 fully saturated rings. The lowest BCUT2D eigenvalue weighted by Gasteiger charge is -2.14. The predicted molar refractivity (Wildman–Crippen MR) is 49.1 cm³/mol. The van der Waals surface area contributed by atoms with Gasteiger partial charge in [-0.05, 0) is 0 Å². The van der Waals surface area contributed by atoms with Crippen LogP contribution in [-0.4, -0.2) is 19.1 Å². The zero-order valence-corrected chi connectivity index (χ0v) is 9.74. The highest BCUT2D eigenvalue weighted by Crippen LogP contribution is 2.70. The first-order valence-electron chi connectivity index (χ1n) is 2.48. The third-order valence-electron chi connectivity index (χ3n) is 0.758. The van der Waals surface area contributed by atoms with E-state index in [0.29, 0.717) is 10.4 Å². The molecule has 0 aliphatic rings. The lowest BCUT2D eigenvalue weighted by Crippen LogP contribution is -1.89. The van der Waals surface area contributed by atoms with Crippen molar-refractivity contribution in [2.75, 3.05) is 14.2 Å². The molecule has 0 rings (SSSR count). The molecule has 0 aromatic carbocycles. The Labute approximate surface area is 78.7 Å². The second-order valence-corrected chi connectivity index (χ2v) is 8.12. The van der Waals surface area contributed by atoms with Crippen molar-refractivity contribution in [3.8, 4) is 0 Å². The Hall–Kier alpha value is 1.00. The van der Waals surface area contributed by atoms with Crippen LogP contribution in [0.15, 0.2) is 0 Å². The van der Waals surface area contributed by atoms with Crippen LogP contribution >= 0.6 is 36.7 Å². The minimum Gasteiger partial charge on any atom is -0.303 e. The fraction of sp³-hybridized carbons (Fsp3) is 1.00. The Morgan fingerprint density at radius 2 is 1.83 bits per heavy atom. The zero-order chi connectivity index (χ0) is 9.83. The number of hydrogen-bond acceptors (Lipinski definition) is 7. The van der Waals surface area contributed by atoms with E-state index in [9.17, 15) is 9.13 Å². The number of phosphoric ester groups is 1. The van der Waals surface area contributed by atoms with Crippen molar-refractivity contribution < 1.29 is 27.4 Å². The number of hydrogen-bond donors (Lipinski definition) is 2. The van der Waals surface area contributed by atoms with E-state index in [1.54, 1.807) is 0 Å². The smallest absolute Gasteiger partial charge is 0.303 e. The van der Waals surface area contributed by atoms with Crippen LogP contribution in [0.25, 0.3) is 0 Å². The number of thiol groups is 1.